The summed E-state index contributed by atoms with van der Waals surface area (Å²) in [5, 5.41) is 5.97. The fourth-order valence-electron chi connectivity index (χ4n) is 1.85. The quantitative estimate of drug-likeness (QED) is 0.850. The Morgan fingerprint density at radius 2 is 2.05 bits per heavy atom. The van der Waals surface area contributed by atoms with E-state index in [2.05, 4.69) is 15.6 Å². The van der Waals surface area contributed by atoms with Crippen LogP contribution in [0.25, 0.3) is 0 Å². The number of pyridine rings is 1. The number of aryl methyl sites for hydroxylation is 1. The molecule has 1 amide bonds. The second-order valence-corrected chi connectivity index (χ2v) is 4.84. The number of hydrogen-bond donors (Lipinski definition) is 2. The van der Waals surface area contributed by atoms with Gasteiger partial charge in [-0.1, -0.05) is 11.6 Å². The van der Waals surface area contributed by atoms with Gasteiger partial charge in [0, 0.05) is 18.3 Å². The fourth-order valence-corrected chi connectivity index (χ4v) is 2.06. The first-order chi connectivity index (χ1) is 10.0. The molecule has 0 fully saturated rings. The van der Waals surface area contributed by atoms with Crippen LogP contribution in [0.4, 0.5) is 11.5 Å². The third-order valence-electron chi connectivity index (χ3n) is 2.99. The lowest BCUT2D eigenvalue weighted by atomic mass is 10.1. The van der Waals surface area contributed by atoms with Gasteiger partial charge in [-0.3, -0.25) is 4.79 Å². The SMILES string of the molecule is CNc1cc(C(=O)Nc2ccc(OC)cc2C)cc(Cl)n1. The molecule has 21 heavy (non-hydrogen) atoms. The summed E-state index contributed by atoms with van der Waals surface area (Å²) in [5.74, 6) is 1.04. The zero-order valence-corrected chi connectivity index (χ0v) is 12.8. The number of ether oxygens (including phenoxy) is 1. The zero-order chi connectivity index (χ0) is 15.4. The van der Waals surface area contributed by atoms with Crippen LogP contribution in [-0.4, -0.2) is 25.0 Å². The maximum absolute atomic E-state index is 12.3. The highest BCUT2D eigenvalue weighted by Crippen LogP contribution is 2.22. The molecule has 0 unspecified atom stereocenters. The van der Waals surface area contributed by atoms with Crippen molar-refractivity contribution in [2.75, 3.05) is 24.8 Å². The average Bonchev–Trinajstić information content (AvgIpc) is 2.48. The predicted molar refractivity (Wildman–Crippen MR) is 84.5 cm³/mol. The van der Waals surface area contributed by atoms with Crippen LogP contribution >= 0.6 is 11.6 Å². The van der Waals surface area contributed by atoms with E-state index in [0.29, 0.717) is 11.4 Å². The number of aromatic nitrogens is 1. The van der Waals surface area contributed by atoms with Gasteiger partial charge in [0.1, 0.15) is 16.7 Å². The molecule has 2 aromatic rings. The van der Waals surface area contributed by atoms with Crippen molar-refractivity contribution < 1.29 is 9.53 Å². The first-order valence-corrected chi connectivity index (χ1v) is 6.72. The molecular formula is C15H16ClN3O2. The highest BCUT2D eigenvalue weighted by Gasteiger charge is 2.11. The van der Waals surface area contributed by atoms with Gasteiger partial charge in [0.2, 0.25) is 0 Å². The van der Waals surface area contributed by atoms with E-state index in [9.17, 15) is 4.79 Å². The van der Waals surface area contributed by atoms with Crippen molar-refractivity contribution in [2.24, 2.45) is 0 Å². The monoisotopic (exact) mass is 305 g/mol. The Labute approximate surface area is 128 Å². The van der Waals surface area contributed by atoms with Crippen molar-refractivity contribution in [2.45, 2.75) is 6.92 Å². The number of carbonyl (C=O) groups excluding carboxylic acids is 1. The van der Waals surface area contributed by atoms with Crippen LogP contribution in [0.3, 0.4) is 0 Å². The summed E-state index contributed by atoms with van der Waals surface area (Å²) in [6.07, 6.45) is 0. The molecule has 110 valence electrons. The molecule has 6 heteroatoms. The van der Waals surface area contributed by atoms with E-state index >= 15 is 0 Å². The van der Waals surface area contributed by atoms with Gasteiger partial charge >= 0.3 is 0 Å². The second-order valence-electron chi connectivity index (χ2n) is 4.45. The van der Waals surface area contributed by atoms with Gasteiger partial charge in [0.15, 0.2) is 0 Å². The summed E-state index contributed by atoms with van der Waals surface area (Å²) in [6.45, 7) is 1.90. The molecule has 0 saturated carbocycles. The number of halogens is 1. The van der Waals surface area contributed by atoms with E-state index in [1.165, 1.54) is 6.07 Å². The van der Waals surface area contributed by atoms with Crippen molar-refractivity contribution >= 4 is 29.0 Å². The molecule has 2 rings (SSSR count). The van der Waals surface area contributed by atoms with Crippen LogP contribution in [0.1, 0.15) is 15.9 Å². The van der Waals surface area contributed by atoms with Gasteiger partial charge in [-0.25, -0.2) is 4.98 Å². The Balaban J connectivity index is 2.23. The van der Waals surface area contributed by atoms with Gasteiger partial charge in [-0.2, -0.15) is 0 Å². The largest absolute Gasteiger partial charge is 0.497 e. The van der Waals surface area contributed by atoms with Crippen molar-refractivity contribution in [3.05, 3.63) is 46.6 Å². The lowest BCUT2D eigenvalue weighted by Crippen LogP contribution is -2.13. The van der Waals surface area contributed by atoms with Crippen LogP contribution in [0.5, 0.6) is 5.75 Å². The summed E-state index contributed by atoms with van der Waals surface area (Å²) in [5.41, 5.74) is 2.08. The minimum atomic E-state index is -0.246. The smallest absolute Gasteiger partial charge is 0.255 e. The van der Waals surface area contributed by atoms with E-state index in [4.69, 9.17) is 16.3 Å². The highest BCUT2D eigenvalue weighted by atomic mass is 35.5. The molecule has 0 aliphatic heterocycles. The lowest BCUT2D eigenvalue weighted by Gasteiger charge is -2.10. The number of nitrogens with zero attached hydrogens (tertiary/aromatic N) is 1. The summed E-state index contributed by atoms with van der Waals surface area (Å²) < 4.78 is 5.14. The van der Waals surface area contributed by atoms with Crippen LogP contribution < -0.4 is 15.4 Å². The molecule has 1 heterocycles. The van der Waals surface area contributed by atoms with E-state index in [1.54, 1.807) is 32.4 Å². The molecule has 1 aromatic heterocycles. The van der Waals surface area contributed by atoms with Gasteiger partial charge in [-0.15, -0.1) is 0 Å². The third kappa shape index (κ3) is 3.64. The Kier molecular flexibility index (Phi) is 4.65. The molecule has 0 aliphatic rings. The molecule has 0 bridgehead atoms. The first kappa shape index (κ1) is 15.1. The Bertz CT molecular complexity index is 674. The molecular weight excluding hydrogens is 290 g/mol. The molecule has 0 atom stereocenters. The van der Waals surface area contributed by atoms with Crippen LogP contribution in [-0.2, 0) is 0 Å². The van der Waals surface area contributed by atoms with E-state index < -0.39 is 0 Å². The Morgan fingerprint density at radius 3 is 2.67 bits per heavy atom. The lowest BCUT2D eigenvalue weighted by molar-refractivity contribution is 0.102. The Hall–Kier alpha value is -2.27. The summed E-state index contributed by atoms with van der Waals surface area (Å²) in [7, 11) is 3.32. The fraction of sp³-hybridized carbons (Fsp3) is 0.200. The number of nitrogens with one attached hydrogen (secondary N) is 2. The van der Waals surface area contributed by atoms with Gasteiger partial charge in [-0.05, 0) is 42.8 Å². The molecule has 0 aliphatic carbocycles. The Morgan fingerprint density at radius 1 is 1.29 bits per heavy atom. The van der Waals surface area contributed by atoms with Gasteiger partial charge in [0.25, 0.3) is 5.91 Å². The molecule has 1 aromatic carbocycles. The molecule has 0 saturated heterocycles. The standard InChI is InChI=1S/C15H16ClN3O2/c1-9-6-11(21-3)4-5-12(9)18-15(20)10-7-13(16)19-14(8-10)17-2/h4-8H,1-3H3,(H,17,19)(H,18,20). The van der Waals surface area contributed by atoms with Gasteiger partial charge in [0.05, 0.1) is 7.11 Å². The number of anilines is 2. The van der Waals surface area contributed by atoms with E-state index in [0.717, 1.165) is 17.0 Å². The van der Waals surface area contributed by atoms with Crippen molar-refractivity contribution in [1.82, 2.24) is 4.98 Å². The van der Waals surface area contributed by atoms with Crippen LogP contribution in [0, 0.1) is 6.92 Å². The minimum absolute atomic E-state index is 0.246. The number of hydrogen-bond acceptors (Lipinski definition) is 4. The number of carbonyl (C=O) groups is 1. The van der Waals surface area contributed by atoms with E-state index in [-0.39, 0.29) is 11.1 Å². The highest BCUT2D eigenvalue weighted by molar-refractivity contribution is 6.30. The topological polar surface area (TPSA) is 63.2 Å². The predicted octanol–water partition coefficient (Wildman–Crippen LogP) is 3.35. The van der Waals surface area contributed by atoms with Crippen molar-refractivity contribution in [3.63, 3.8) is 0 Å². The molecule has 5 nitrogen and oxygen atoms in total. The summed E-state index contributed by atoms with van der Waals surface area (Å²) in [4.78, 5) is 16.3. The summed E-state index contributed by atoms with van der Waals surface area (Å²) >= 11 is 5.90. The number of rotatable bonds is 4. The molecule has 0 spiro atoms. The maximum Gasteiger partial charge on any atom is 0.255 e. The van der Waals surface area contributed by atoms with Gasteiger partial charge < -0.3 is 15.4 Å². The average molecular weight is 306 g/mol. The van der Waals surface area contributed by atoms with Crippen molar-refractivity contribution in [3.8, 4) is 5.75 Å². The minimum Gasteiger partial charge on any atom is -0.497 e. The number of amides is 1. The van der Waals surface area contributed by atoms with Crippen molar-refractivity contribution in [1.29, 1.82) is 0 Å². The normalized spacial score (nSPS) is 10.1. The van der Waals surface area contributed by atoms with Crippen LogP contribution in [0.15, 0.2) is 30.3 Å². The first-order valence-electron chi connectivity index (χ1n) is 6.35. The number of methoxy groups -OCH3 is 1. The maximum atomic E-state index is 12.3. The zero-order valence-electron chi connectivity index (χ0n) is 12.0. The second kappa shape index (κ2) is 6.45. The van der Waals surface area contributed by atoms with Crippen LogP contribution in [0.2, 0.25) is 5.15 Å². The number of benzene rings is 1. The summed E-state index contributed by atoms with van der Waals surface area (Å²) in [6, 6.07) is 8.61. The third-order valence-corrected chi connectivity index (χ3v) is 3.19. The van der Waals surface area contributed by atoms with E-state index in [1.807, 2.05) is 13.0 Å². The molecule has 0 radical (unpaired) electrons. The molecule has 2 N–H and O–H groups in total.